The molecule has 0 atom stereocenters. The van der Waals surface area contributed by atoms with Crippen molar-refractivity contribution >= 4 is 11.6 Å². The van der Waals surface area contributed by atoms with Gasteiger partial charge in [0.25, 0.3) is 0 Å². The first kappa shape index (κ1) is 14.9. The molecule has 4 heteroatoms. The average molecular weight is 275 g/mol. The van der Waals surface area contributed by atoms with E-state index < -0.39 is 0 Å². The second-order valence-corrected chi connectivity index (χ2v) is 5.67. The first-order chi connectivity index (χ1) is 9.65. The van der Waals surface area contributed by atoms with Crippen LogP contribution >= 0.6 is 0 Å². The maximum Gasteiger partial charge on any atom is 0.219 e. The van der Waals surface area contributed by atoms with Gasteiger partial charge in [0.05, 0.1) is 0 Å². The predicted molar refractivity (Wildman–Crippen MR) is 82.7 cm³/mol. The minimum absolute atomic E-state index is 0.104. The highest BCUT2D eigenvalue weighted by molar-refractivity contribution is 5.75. The number of nitrogens with zero attached hydrogens (tertiary/aromatic N) is 1. The van der Waals surface area contributed by atoms with Gasteiger partial charge in [-0.25, -0.2) is 0 Å². The molecule has 1 amide bonds. The lowest BCUT2D eigenvalue weighted by Gasteiger charge is -2.43. The Labute approximate surface area is 121 Å². The maximum atomic E-state index is 11.4. The Morgan fingerprint density at radius 3 is 2.50 bits per heavy atom. The van der Waals surface area contributed by atoms with Crippen molar-refractivity contribution in [3.63, 3.8) is 0 Å². The molecule has 1 aromatic carbocycles. The number of nitrogens with two attached hydrogens (primary N) is 1. The maximum absolute atomic E-state index is 11.4. The van der Waals surface area contributed by atoms with Crippen molar-refractivity contribution < 1.29 is 4.79 Å². The van der Waals surface area contributed by atoms with Gasteiger partial charge in [0.15, 0.2) is 0 Å². The Morgan fingerprint density at radius 1 is 1.30 bits per heavy atom. The standard InChI is InChI=1S/C16H25N3O/c1-2-10-18-16(13-15(17)20)8-11-19(12-9-16)14-6-4-3-5-7-14/h3-7,18H,2,8-13H2,1H3,(H2,17,20). The van der Waals surface area contributed by atoms with Crippen LogP contribution in [-0.4, -0.2) is 31.1 Å². The molecule has 4 nitrogen and oxygen atoms in total. The normalized spacial score (nSPS) is 17.9. The molecule has 1 fully saturated rings. The Kier molecular flexibility index (Phi) is 5.01. The molecule has 1 aliphatic rings. The Hall–Kier alpha value is -1.55. The lowest BCUT2D eigenvalue weighted by Crippen LogP contribution is -2.55. The van der Waals surface area contributed by atoms with Gasteiger partial charge >= 0.3 is 0 Å². The number of carbonyl (C=O) groups is 1. The average Bonchev–Trinajstić information content (AvgIpc) is 2.46. The zero-order chi connectivity index (χ0) is 14.4. The molecule has 0 aromatic heterocycles. The van der Waals surface area contributed by atoms with E-state index in [0.717, 1.165) is 38.9 Å². The highest BCUT2D eigenvalue weighted by Crippen LogP contribution is 2.28. The van der Waals surface area contributed by atoms with Crippen LogP contribution in [0.5, 0.6) is 0 Å². The summed E-state index contributed by atoms with van der Waals surface area (Å²) in [6.45, 7) is 5.02. The second-order valence-electron chi connectivity index (χ2n) is 5.67. The van der Waals surface area contributed by atoms with Gasteiger partial charge in [-0.05, 0) is 37.9 Å². The zero-order valence-corrected chi connectivity index (χ0v) is 12.3. The molecule has 0 bridgehead atoms. The number of rotatable bonds is 6. The van der Waals surface area contributed by atoms with Crippen molar-refractivity contribution in [3.8, 4) is 0 Å². The third kappa shape index (κ3) is 3.73. The summed E-state index contributed by atoms with van der Waals surface area (Å²) in [4.78, 5) is 13.7. The number of anilines is 1. The Balaban J connectivity index is 2.00. The fourth-order valence-corrected chi connectivity index (χ4v) is 2.97. The van der Waals surface area contributed by atoms with Gasteiger partial charge in [-0.1, -0.05) is 25.1 Å². The van der Waals surface area contributed by atoms with Gasteiger partial charge in [0, 0.05) is 30.7 Å². The van der Waals surface area contributed by atoms with Gasteiger partial charge in [0.1, 0.15) is 0 Å². The van der Waals surface area contributed by atoms with E-state index in [4.69, 9.17) is 5.73 Å². The van der Waals surface area contributed by atoms with Gasteiger partial charge in [0.2, 0.25) is 5.91 Å². The van der Waals surface area contributed by atoms with Crippen molar-refractivity contribution in [2.75, 3.05) is 24.5 Å². The van der Waals surface area contributed by atoms with E-state index in [0.29, 0.717) is 6.42 Å². The summed E-state index contributed by atoms with van der Waals surface area (Å²) in [6, 6.07) is 10.4. The van der Waals surface area contributed by atoms with Crippen LogP contribution in [0.1, 0.15) is 32.6 Å². The predicted octanol–water partition coefficient (Wildman–Crippen LogP) is 1.90. The van der Waals surface area contributed by atoms with Crippen molar-refractivity contribution in [1.82, 2.24) is 5.32 Å². The summed E-state index contributed by atoms with van der Waals surface area (Å²) in [5.74, 6) is -0.207. The minimum Gasteiger partial charge on any atom is -0.371 e. The zero-order valence-electron chi connectivity index (χ0n) is 12.3. The molecule has 1 heterocycles. The third-order valence-electron chi connectivity index (χ3n) is 4.10. The molecular formula is C16H25N3O. The number of primary amides is 1. The summed E-state index contributed by atoms with van der Waals surface area (Å²) >= 11 is 0. The van der Waals surface area contributed by atoms with Crippen LogP contribution in [0.25, 0.3) is 0 Å². The molecular weight excluding hydrogens is 250 g/mol. The van der Waals surface area contributed by atoms with Gasteiger partial charge in [-0.2, -0.15) is 0 Å². The van der Waals surface area contributed by atoms with Crippen molar-refractivity contribution in [2.45, 2.75) is 38.1 Å². The monoisotopic (exact) mass is 275 g/mol. The molecule has 1 aromatic rings. The number of amides is 1. The molecule has 0 unspecified atom stereocenters. The van der Waals surface area contributed by atoms with Gasteiger partial charge in [-0.15, -0.1) is 0 Å². The van der Waals surface area contributed by atoms with E-state index >= 15 is 0 Å². The number of carbonyl (C=O) groups excluding carboxylic acids is 1. The number of piperidine rings is 1. The summed E-state index contributed by atoms with van der Waals surface area (Å²) < 4.78 is 0. The van der Waals surface area contributed by atoms with Gasteiger partial charge < -0.3 is 16.0 Å². The van der Waals surface area contributed by atoms with Crippen LogP contribution < -0.4 is 16.0 Å². The second kappa shape index (κ2) is 6.75. The van der Waals surface area contributed by atoms with Gasteiger partial charge in [-0.3, -0.25) is 4.79 Å². The summed E-state index contributed by atoms with van der Waals surface area (Å²) in [7, 11) is 0. The lowest BCUT2D eigenvalue weighted by atomic mass is 9.83. The number of hydrogen-bond donors (Lipinski definition) is 2. The van der Waals surface area contributed by atoms with Crippen molar-refractivity contribution in [2.24, 2.45) is 5.73 Å². The summed E-state index contributed by atoms with van der Waals surface area (Å²) in [5.41, 5.74) is 6.59. The fourth-order valence-electron chi connectivity index (χ4n) is 2.97. The molecule has 0 aliphatic carbocycles. The fraction of sp³-hybridized carbons (Fsp3) is 0.562. The van der Waals surface area contributed by atoms with Crippen molar-refractivity contribution in [3.05, 3.63) is 30.3 Å². The van der Waals surface area contributed by atoms with Crippen LogP contribution in [0.2, 0.25) is 0 Å². The van der Waals surface area contributed by atoms with Crippen molar-refractivity contribution in [1.29, 1.82) is 0 Å². The van der Waals surface area contributed by atoms with Crippen LogP contribution in [0, 0.1) is 0 Å². The highest BCUT2D eigenvalue weighted by atomic mass is 16.1. The number of nitrogens with one attached hydrogen (secondary N) is 1. The quantitative estimate of drug-likeness (QED) is 0.833. The smallest absolute Gasteiger partial charge is 0.219 e. The molecule has 110 valence electrons. The molecule has 3 N–H and O–H groups in total. The largest absolute Gasteiger partial charge is 0.371 e. The van der Waals surface area contributed by atoms with Crippen LogP contribution in [0.15, 0.2) is 30.3 Å². The SMILES string of the molecule is CCCNC1(CC(N)=O)CCN(c2ccccc2)CC1. The van der Waals surface area contributed by atoms with E-state index in [1.165, 1.54) is 5.69 Å². The molecule has 1 aliphatic heterocycles. The molecule has 1 saturated heterocycles. The number of hydrogen-bond acceptors (Lipinski definition) is 3. The number of benzene rings is 1. The van der Waals surface area contributed by atoms with E-state index in [9.17, 15) is 4.79 Å². The van der Waals surface area contributed by atoms with E-state index in [2.05, 4.69) is 41.4 Å². The van der Waals surface area contributed by atoms with Crippen LogP contribution in [0.3, 0.4) is 0 Å². The van der Waals surface area contributed by atoms with Crippen LogP contribution in [0.4, 0.5) is 5.69 Å². The topological polar surface area (TPSA) is 58.4 Å². The molecule has 20 heavy (non-hydrogen) atoms. The molecule has 2 rings (SSSR count). The first-order valence-electron chi connectivity index (χ1n) is 7.48. The Morgan fingerprint density at radius 2 is 1.95 bits per heavy atom. The number of para-hydroxylation sites is 1. The Bertz CT molecular complexity index is 425. The molecule has 0 radical (unpaired) electrons. The van der Waals surface area contributed by atoms with E-state index in [-0.39, 0.29) is 11.4 Å². The third-order valence-corrected chi connectivity index (χ3v) is 4.10. The summed E-state index contributed by atoms with van der Waals surface area (Å²) in [5, 5.41) is 3.56. The minimum atomic E-state index is -0.207. The molecule has 0 saturated carbocycles. The van der Waals surface area contributed by atoms with E-state index in [1.54, 1.807) is 0 Å². The van der Waals surface area contributed by atoms with Crippen LogP contribution in [-0.2, 0) is 4.79 Å². The summed E-state index contributed by atoms with van der Waals surface area (Å²) in [6.07, 6.45) is 3.44. The first-order valence-corrected chi connectivity index (χ1v) is 7.48. The molecule has 0 spiro atoms. The highest BCUT2D eigenvalue weighted by Gasteiger charge is 2.35. The van der Waals surface area contributed by atoms with E-state index in [1.807, 2.05) is 6.07 Å². The lowest BCUT2D eigenvalue weighted by molar-refractivity contribution is -0.119.